The third kappa shape index (κ3) is 4.79. The molecule has 9 heteroatoms. The Labute approximate surface area is 187 Å². The minimum Gasteiger partial charge on any atom is -0.478 e. The lowest BCUT2D eigenvalue weighted by molar-refractivity contribution is -0.121. The van der Waals surface area contributed by atoms with Crippen molar-refractivity contribution in [2.45, 2.75) is 0 Å². The van der Waals surface area contributed by atoms with Crippen molar-refractivity contribution in [3.05, 3.63) is 62.5 Å². The van der Waals surface area contributed by atoms with Crippen LogP contribution >= 0.6 is 35.0 Å². The smallest absolute Gasteiger partial charge is 0.335 e. The van der Waals surface area contributed by atoms with E-state index in [1.165, 1.54) is 17.0 Å². The average molecular weight is 461 g/mol. The molecule has 3 rings (SSSR count). The van der Waals surface area contributed by atoms with Crippen molar-refractivity contribution in [1.29, 1.82) is 0 Å². The van der Waals surface area contributed by atoms with E-state index < -0.39 is 5.97 Å². The van der Waals surface area contributed by atoms with E-state index in [1.54, 1.807) is 37.4 Å². The van der Waals surface area contributed by atoms with Gasteiger partial charge in [-0.15, -0.1) is 6.42 Å². The van der Waals surface area contributed by atoms with Gasteiger partial charge in [0.05, 0.1) is 26.2 Å². The maximum Gasteiger partial charge on any atom is 0.335 e. The van der Waals surface area contributed by atoms with Crippen LogP contribution in [0.1, 0.15) is 15.9 Å². The van der Waals surface area contributed by atoms with Crippen LogP contribution in [0.2, 0.25) is 10.0 Å². The largest absolute Gasteiger partial charge is 0.478 e. The fourth-order valence-corrected chi connectivity index (χ4v) is 4.14. The van der Waals surface area contributed by atoms with Crippen molar-refractivity contribution in [3.63, 3.8) is 0 Å². The highest BCUT2D eigenvalue weighted by Crippen LogP contribution is 2.37. The molecule has 0 radical (unpaired) electrons. The molecule has 0 aliphatic carbocycles. The maximum atomic E-state index is 12.6. The molecule has 0 spiro atoms. The van der Waals surface area contributed by atoms with Crippen molar-refractivity contribution in [2.75, 3.05) is 13.7 Å². The number of amidine groups is 1. The first-order chi connectivity index (χ1) is 14.3. The van der Waals surface area contributed by atoms with Gasteiger partial charge in [0.2, 0.25) is 0 Å². The van der Waals surface area contributed by atoms with Crippen molar-refractivity contribution >= 4 is 63.8 Å². The highest BCUT2D eigenvalue weighted by molar-refractivity contribution is 8.18. The monoisotopic (exact) mass is 460 g/mol. The summed E-state index contributed by atoms with van der Waals surface area (Å²) >= 11 is 13.6. The summed E-state index contributed by atoms with van der Waals surface area (Å²) in [6.07, 6.45) is 6.82. The highest BCUT2D eigenvalue weighted by Gasteiger charge is 2.30. The molecule has 30 heavy (non-hydrogen) atoms. The number of aromatic carboxylic acids is 1. The Balaban J connectivity index is 1.89. The molecule has 1 saturated heterocycles. The molecule has 1 heterocycles. The van der Waals surface area contributed by atoms with Crippen LogP contribution in [-0.4, -0.2) is 40.7 Å². The van der Waals surface area contributed by atoms with Crippen molar-refractivity contribution in [3.8, 4) is 18.1 Å². The van der Waals surface area contributed by atoms with Gasteiger partial charge in [-0.2, -0.15) is 0 Å². The van der Waals surface area contributed by atoms with Crippen LogP contribution in [0.5, 0.6) is 5.75 Å². The Morgan fingerprint density at radius 2 is 2.03 bits per heavy atom. The molecule has 1 aliphatic heterocycles. The minimum atomic E-state index is -1.05. The number of rotatable bonds is 5. The summed E-state index contributed by atoms with van der Waals surface area (Å²) in [5.74, 6) is 1.31. The number of thioether (sulfide) groups is 1. The number of carboxylic acid groups (broad SMARTS) is 1. The Bertz CT molecular complexity index is 1120. The fraction of sp³-hybridized carbons (Fsp3) is 0.0952. The van der Waals surface area contributed by atoms with E-state index in [0.29, 0.717) is 21.3 Å². The molecule has 1 N–H and O–H groups in total. The van der Waals surface area contributed by atoms with Gasteiger partial charge in [-0.05, 0) is 53.7 Å². The SMILES string of the molecule is C#CCOc1c(Cl)cc(/C=C2\SC(=Nc3cccc(C(=O)O)c3)N(C)C2=O)cc1Cl. The van der Waals surface area contributed by atoms with Gasteiger partial charge in [-0.3, -0.25) is 9.69 Å². The lowest BCUT2D eigenvalue weighted by Gasteiger charge is -2.08. The number of ether oxygens (including phenoxy) is 1. The Hall–Kier alpha value is -2.92. The Morgan fingerprint density at radius 1 is 1.33 bits per heavy atom. The van der Waals surface area contributed by atoms with Gasteiger partial charge in [0.15, 0.2) is 10.9 Å². The molecule has 0 unspecified atom stereocenters. The van der Waals surface area contributed by atoms with Gasteiger partial charge >= 0.3 is 5.97 Å². The molecular weight excluding hydrogens is 447 g/mol. The molecule has 1 fully saturated rings. The zero-order valence-electron chi connectivity index (χ0n) is 15.6. The van der Waals surface area contributed by atoms with Crippen molar-refractivity contribution in [2.24, 2.45) is 4.99 Å². The first kappa shape index (κ1) is 21.8. The number of hydrogen-bond donors (Lipinski definition) is 1. The third-order valence-corrected chi connectivity index (χ3v) is 5.56. The number of likely N-dealkylation sites (N-methyl/N-ethyl adjacent to an activating group) is 1. The summed E-state index contributed by atoms with van der Waals surface area (Å²) in [4.78, 5) is 29.9. The third-order valence-electron chi connectivity index (χ3n) is 3.94. The lowest BCUT2D eigenvalue weighted by Crippen LogP contribution is -2.23. The van der Waals surface area contributed by atoms with Crippen LogP contribution in [0.25, 0.3) is 6.08 Å². The second-order valence-electron chi connectivity index (χ2n) is 6.03. The number of carboxylic acids is 1. The van der Waals surface area contributed by atoms with Crippen LogP contribution in [0.15, 0.2) is 46.3 Å². The van der Waals surface area contributed by atoms with E-state index >= 15 is 0 Å². The summed E-state index contributed by atoms with van der Waals surface area (Å²) in [5, 5.41) is 10.1. The molecule has 0 aromatic heterocycles. The van der Waals surface area contributed by atoms with Gasteiger partial charge in [0.1, 0.15) is 6.61 Å². The van der Waals surface area contributed by atoms with Gasteiger partial charge in [0, 0.05) is 7.05 Å². The predicted molar refractivity (Wildman–Crippen MR) is 120 cm³/mol. The topological polar surface area (TPSA) is 79.2 Å². The number of carbonyl (C=O) groups is 2. The molecular formula is C21H14Cl2N2O4S. The zero-order valence-corrected chi connectivity index (χ0v) is 17.9. The standard InChI is InChI=1S/C21H14Cl2N2O4S/c1-3-7-29-18-15(22)8-12(9-16(18)23)10-17-19(26)25(2)21(30-17)24-14-6-4-5-13(11-14)20(27)28/h1,4-6,8-11H,7H2,2H3,(H,27,28)/b17-10-,24-21?. The molecule has 1 aliphatic rings. The number of aliphatic imine (C=N–C) groups is 1. The van der Waals surface area contributed by atoms with Gasteiger partial charge < -0.3 is 9.84 Å². The molecule has 6 nitrogen and oxygen atoms in total. The maximum absolute atomic E-state index is 12.6. The van der Waals surface area contributed by atoms with E-state index in [4.69, 9.17) is 39.5 Å². The predicted octanol–water partition coefficient (Wildman–Crippen LogP) is 4.94. The highest BCUT2D eigenvalue weighted by atomic mass is 35.5. The summed E-state index contributed by atoms with van der Waals surface area (Å²) in [6.45, 7) is 0.0297. The summed E-state index contributed by atoms with van der Waals surface area (Å²) in [5.41, 5.74) is 1.15. The van der Waals surface area contributed by atoms with E-state index in [2.05, 4.69) is 10.9 Å². The van der Waals surface area contributed by atoms with Crippen LogP contribution < -0.4 is 4.74 Å². The van der Waals surface area contributed by atoms with E-state index in [0.717, 1.165) is 11.8 Å². The Morgan fingerprint density at radius 3 is 2.67 bits per heavy atom. The van der Waals surface area contributed by atoms with Crippen LogP contribution in [0.4, 0.5) is 5.69 Å². The molecule has 2 aromatic rings. The zero-order chi connectivity index (χ0) is 21.8. The number of hydrogen-bond acceptors (Lipinski definition) is 5. The number of amides is 1. The molecule has 0 saturated carbocycles. The van der Waals surface area contributed by atoms with Crippen LogP contribution in [0.3, 0.4) is 0 Å². The van der Waals surface area contributed by atoms with E-state index in [-0.39, 0.29) is 33.9 Å². The molecule has 2 aromatic carbocycles. The van der Waals surface area contributed by atoms with Crippen LogP contribution in [0, 0.1) is 12.3 Å². The minimum absolute atomic E-state index is 0.0297. The Kier molecular flexibility index (Phi) is 6.73. The van der Waals surface area contributed by atoms with E-state index in [1.807, 2.05) is 0 Å². The van der Waals surface area contributed by atoms with E-state index in [9.17, 15) is 9.59 Å². The summed E-state index contributed by atoms with van der Waals surface area (Å²) < 4.78 is 5.33. The normalized spacial score (nSPS) is 16.2. The molecule has 152 valence electrons. The first-order valence-corrected chi connectivity index (χ1v) is 10.0. The molecule has 0 bridgehead atoms. The van der Waals surface area contributed by atoms with Crippen molar-refractivity contribution < 1.29 is 19.4 Å². The van der Waals surface area contributed by atoms with Gasteiger partial charge in [-0.1, -0.05) is 35.2 Å². The fourth-order valence-electron chi connectivity index (χ4n) is 2.54. The molecule has 1 amide bonds. The number of terminal acetylenes is 1. The second-order valence-corrected chi connectivity index (χ2v) is 7.85. The molecule has 0 atom stereocenters. The summed E-state index contributed by atoms with van der Waals surface area (Å²) in [7, 11) is 1.59. The number of nitrogens with zero attached hydrogens (tertiary/aromatic N) is 2. The van der Waals surface area contributed by atoms with Gasteiger partial charge in [-0.25, -0.2) is 9.79 Å². The number of benzene rings is 2. The average Bonchev–Trinajstić information content (AvgIpc) is 2.95. The second kappa shape index (κ2) is 9.26. The number of carbonyl (C=O) groups excluding carboxylic acids is 1. The van der Waals surface area contributed by atoms with Gasteiger partial charge in [0.25, 0.3) is 5.91 Å². The summed E-state index contributed by atoms with van der Waals surface area (Å²) in [6, 6.07) is 9.39. The first-order valence-electron chi connectivity index (χ1n) is 8.45. The van der Waals surface area contributed by atoms with Crippen LogP contribution in [-0.2, 0) is 4.79 Å². The van der Waals surface area contributed by atoms with Crippen molar-refractivity contribution in [1.82, 2.24) is 4.90 Å². The number of halogens is 2. The lowest BCUT2D eigenvalue weighted by atomic mass is 10.2. The quantitative estimate of drug-likeness (QED) is 0.504.